The number of rotatable bonds is 7. The highest BCUT2D eigenvalue weighted by Gasteiger charge is 2.13. The molecule has 0 aliphatic carbocycles. The third-order valence-electron chi connectivity index (χ3n) is 3.41. The predicted octanol–water partition coefficient (Wildman–Crippen LogP) is 2.92. The molecule has 5 heteroatoms. The summed E-state index contributed by atoms with van der Waals surface area (Å²) in [6.07, 6.45) is 2.13. The van der Waals surface area contributed by atoms with Crippen LogP contribution in [0.25, 0.3) is 0 Å². The Bertz CT molecular complexity index is 382. The van der Waals surface area contributed by atoms with Gasteiger partial charge in [-0.2, -0.15) is 11.8 Å². The largest absolute Gasteiger partial charge is 0.491 e. The molecule has 0 radical (unpaired) electrons. The molecule has 0 saturated carbocycles. The molecule has 1 atom stereocenters. The molecule has 0 amide bonds. The number of halogens is 1. The first-order chi connectivity index (χ1) is 9.74. The fraction of sp³-hybridized carbons (Fsp3) is 0.600. The summed E-state index contributed by atoms with van der Waals surface area (Å²) < 4.78 is 6.58. The van der Waals surface area contributed by atoms with Crippen molar-refractivity contribution < 1.29 is 9.84 Å². The molecule has 20 heavy (non-hydrogen) atoms. The molecule has 1 fully saturated rings. The van der Waals surface area contributed by atoms with E-state index in [1.165, 1.54) is 24.3 Å². The maximum Gasteiger partial charge on any atom is 0.119 e. The molecule has 1 saturated heterocycles. The minimum Gasteiger partial charge on any atom is -0.491 e. The van der Waals surface area contributed by atoms with Crippen molar-refractivity contribution in [2.45, 2.75) is 18.9 Å². The maximum absolute atomic E-state index is 9.89. The van der Waals surface area contributed by atoms with E-state index in [1.807, 2.05) is 36.0 Å². The zero-order chi connectivity index (χ0) is 14.2. The molecule has 1 heterocycles. The lowest BCUT2D eigenvalue weighted by Crippen LogP contribution is -2.35. The quantitative estimate of drug-likeness (QED) is 0.785. The van der Waals surface area contributed by atoms with E-state index in [-0.39, 0.29) is 0 Å². The molecule has 2 N–H and O–H groups in total. The molecule has 0 bridgehead atoms. The van der Waals surface area contributed by atoms with Crippen LogP contribution in [0.1, 0.15) is 12.8 Å². The number of hydrogen-bond acceptors (Lipinski definition) is 4. The Kier molecular flexibility index (Phi) is 7.21. The fourth-order valence-corrected chi connectivity index (χ4v) is 3.66. The second kappa shape index (κ2) is 8.93. The van der Waals surface area contributed by atoms with E-state index in [0.29, 0.717) is 13.2 Å². The summed E-state index contributed by atoms with van der Waals surface area (Å²) in [4.78, 5) is 0. The van der Waals surface area contributed by atoms with E-state index in [0.717, 1.165) is 22.7 Å². The van der Waals surface area contributed by atoms with Gasteiger partial charge in [0.15, 0.2) is 0 Å². The molecule has 0 aromatic heterocycles. The number of aliphatic hydroxyl groups excluding tert-OH is 1. The normalized spacial score (nSPS) is 17.9. The zero-order valence-corrected chi connectivity index (χ0v) is 14.0. The molecule has 1 aliphatic heterocycles. The highest BCUT2D eigenvalue weighted by molar-refractivity contribution is 9.10. The van der Waals surface area contributed by atoms with Gasteiger partial charge in [0.1, 0.15) is 18.5 Å². The molecule has 0 spiro atoms. The topological polar surface area (TPSA) is 41.5 Å². The van der Waals surface area contributed by atoms with Gasteiger partial charge in [-0.15, -0.1) is 0 Å². The number of hydrogen-bond donors (Lipinski definition) is 2. The summed E-state index contributed by atoms with van der Waals surface area (Å²) in [5.74, 6) is 4.12. The van der Waals surface area contributed by atoms with Gasteiger partial charge in [-0.3, -0.25) is 0 Å². The first-order valence-corrected chi connectivity index (χ1v) is 9.03. The van der Waals surface area contributed by atoms with Crippen molar-refractivity contribution in [2.75, 3.05) is 31.2 Å². The van der Waals surface area contributed by atoms with Gasteiger partial charge in [0.2, 0.25) is 0 Å². The van der Waals surface area contributed by atoms with E-state index < -0.39 is 6.10 Å². The van der Waals surface area contributed by atoms with E-state index in [2.05, 4.69) is 21.2 Å². The van der Waals surface area contributed by atoms with E-state index in [4.69, 9.17) is 4.74 Å². The van der Waals surface area contributed by atoms with Gasteiger partial charge in [-0.05, 0) is 61.1 Å². The molecule has 1 aromatic carbocycles. The molecular formula is C15H22BrNO2S. The molecule has 1 unspecified atom stereocenters. The van der Waals surface area contributed by atoms with Gasteiger partial charge in [0.25, 0.3) is 0 Å². The standard InChI is InChI=1S/C15H22BrNO2S/c16-13-1-3-15(4-2-13)19-11-14(18)10-17-9-12-5-7-20-8-6-12/h1-4,12,14,17-18H,5-11H2. The molecule has 2 rings (SSSR count). The third kappa shape index (κ3) is 6.04. The Morgan fingerprint density at radius 2 is 2.00 bits per heavy atom. The van der Waals surface area contributed by atoms with Crippen LogP contribution in [-0.4, -0.2) is 42.4 Å². The van der Waals surface area contributed by atoms with Crippen LogP contribution in [0.4, 0.5) is 0 Å². The predicted molar refractivity (Wildman–Crippen MR) is 88.6 cm³/mol. The maximum atomic E-state index is 9.89. The highest BCUT2D eigenvalue weighted by Crippen LogP contribution is 2.21. The number of ether oxygens (including phenoxy) is 1. The molecular weight excluding hydrogens is 338 g/mol. The summed E-state index contributed by atoms with van der Waals surface area (Å²) in [7, 11) is 0. The van der Waals surface area contributed by atoms with Crippen molar-refractivity contribution in [2.24, 2.45) is 5.92 Å². The Balaban J connectivity index is 1.57. The SMILES string of the molecule is OC(CNCC1CCSCC1)COc1ccc(Br)cc1. The number of nitrogens with one attached hydrogen (secondary N) is 1. The van der Waals surface area contributed by atoms with Gasteiger partial charge < -0.3 is 15.2 Å². The first-order valence-electron chi connectivity index (χ1n) is 7.09. The lowest BCUT2D eigenvalue weighted by molar-refractivity contribution is 0.105. The van der Waals surface area contributed by atoms with Gasteiger partial charge in [-0.1, -0.05) is 15.9 Å². The van der Waals surface area contributed by atoms with E-state index in [9.17, 15) is 5.11 Å². The van der Waals surface area contributed by atoms with Crippen molar-refractivity contribution in [3.63, 3.8) is 0 Å². The lowest BCUT2D eigenvalue weighted by atomic mass is 10.0. The Labute approximate surface area is 133 Å². The summed E-state index contributed by atoms with van der Waals surface area (Å²) in [5, 5.41) is 13.2. The van der Waals surface area contributed by atoms with Crippen LogP contribution in [0.3, 0.4) is 0 Å². The van der Waals surface area contributed by atoms with Gasteiger partial charge in [0.05, 0.1) is 0 Å². The van der Waals surface area contributed by atoms with Crippen LogP contribution < -0.4 is 10.1 Å². The van der Waals surface area contributed by atoms with Crippen LogP contribution in [-0.2, 0) is 0 Å². The molecule has 1 aromatic rings. The van der Waals surface area contributed by atoms with Crippen LogP contribution in [0.5, 0.6) is 5.75 Å². The number of aliphatic hydroxyl groups is 1. The van der Waals surface area contributed by atoms with Crippen molar-refractivity contribution in [3.8, 4) is 5.75 Å². The second-order valence-corrected chi connectivity index (χ2v) is 7.27. The first kappa shape index (κ1) is 16.1. The van der Waals surface area contributed by atoms with Gasteiger partial charge in [-0.25, -0.2) is 0 Å². The van der Waals surface area contributed by atoms with Crippen molar-refractivity contribution in [1.82, 2.24) is 5.32 Å². The van der Waals surface area contributed by atoms with Crippen LogP contribution in [0.15, 0.2) is 28.7 Å². The van der Waals surface area contributed by atoms with E-state index >= 15 is 0 Å². The molecule has 1 aliphatic rings. The summed E-state index contributed by atoms with van der Waals surface area (Å²) in [5.41, 5.74) is 0. The summed E-state index contributed by atoms with van der Waals surface area (Å²) >= 11 is 5.43. The average molecular weight is 360 g/mol. The average Bonchev–Trinajstić information content (AvgIpc) is 2.48. The lowest BCUT2D eigenvalue weighted by Gasteiger charge is -2.22. The van der Waals surface area contributed by atoms with E-state index in [1.54, 1.807) is 0 Å². The highest BCUT2D eigenvalue weighted by atomic mass is 79.9. The van der Waals surface area contributed by atoms with Crippen molar-refractivity contribution >= 4 is 27.7 Å². The second-order valence-electron chi connectivity index (χ2n) is 5.13. The molecule has 3 nitrogen and oxygen atoms in total. The van der Waals surface area contributed by atoms with Gasteiger partial charge >= 0.3 is 0 Å². The summed E-state index contributed by atoms with van der Waals surface area (Å²) in [6.45, 7) is 1.94. The Morgan fingerprint density at radius 3 is 2.70 bits per heavy atom. The smallest absolute Gasteiger partial charge is 0.119 e. The monoisotopic (exact) mass is 359 g/mol. The number of benzene rings is 1. The Hall–Kier alpha value is -0.230. The Morgan fingerprint density at radius 1 is 1.30 bits per heavy atom. The fourth-order valence-electron chi connectivity index (χ4n) is 2.19. The van der Waals surface area contributed by atoms with Crippen molar-refractivity contribution in [3.05, 3.63) is 28.7 Å². The van der Waals surface area contributed by atoms with Crippen LogP contribution >= 0.6 is 27.7 Å². The minimum absolute atomic E-state index is 0.329. The summed E-state index contributed by atoms with van der Waals surface area (Å²) in [6, 6.07) is 7.65. The number of thioether (sulfide) groups is 1. The van der Waals surface area contributed by atoms with Gasteiger partial charge in [0, 0.05) is 11.0 Å². The zero-order valence-electron chi connectivity index (χ0n) is 11.6. The van der Waals surface area contributed by atoms with Crippen LogP contribution in [0.2, 0.25) is 0 Å². The third-order valence-corrected chi connectivity index (χ3v) is 4.99. The van der Waals surface area contributed by atoms with Crippen LogP contribution in [0, 0.1) is 5.92 Å². The van der Waals surface area contributed by atoms with Crippen molar-refractivity contribution in [1.29, 1.82) is 0 Å². The molecule has 112 valence electrons. The minimum atomic E-state index is -0.461.